The molecule has 0 aliphatic carbocycles. The molecule has 0 bridgehead atoms. The molecular weight excluding hydrogens is 102 g/mol. The van der Waals surface area contributed by atoms with Crippen molar-refractivity contribution in [3.05, 3.63) is 0 Å². The van der Waals surface area contributed by atoms with Crippen molar-refractivity contribution >= 4 is 6.41 Å². The Morgan fingerprint density at radius 2 is 2.00 bits per heavy atom. The van der Waals surface area contributed by atoms with Gasteiger partial charge < -0.3 is 5.32 Å². The summed E-state index contributed by atoms with van der Waals surface area (Å²) in [6.45, 7) is 4.08. The van der Waals surface area contributed by atoms with Crippen molar-refractivity contribution in [3.63, 3.8) is 0 Å². The van der Waals surface area contributed by atoms with Crippen LogP contribution in [-0.2, 0) is 4.79 Å². The van der Waals surface area contributed by atoms with E-state index in [4.69, 9.17) is 0 Å². The number of hydrogen-bond donors (Lipinski definition) is 1. The molecule has 0 aliphatic heterocycles. The van der Waals surface area contributed by atoms with Crippen LogP contribution in [-0.4, -0.2) is 12.5 Å². The van der Waals surface area contributed by atoms with Crippen LogP contribution in [0.4, 0.5) is 0 Å². The van der Waals surface area contributed by atoms with Crippen LogP contribution in [0.1, 0.15) is 26.7 Å². The van der Waals surface area contributed by atoms with E-state index in [1.807, 2.05) is 13.8 Å². The number of amides is 1. The molecule has 8 heavy (non-hydrogen) atoms. The van der Waals surface area contributed by atoms with Gasteiger partial charge in [-0.15, -0.1) is 0 Å². The Bertz CT molecular complexity index is 59.5. The number of hydrogen-bond acceptors (Lipinski definition) is 1. The molecule has 1 N–H and O–H groups in total. The first kappa shape index (κ1) is 7.47. The summed E-state index contributed by atoms with van der Waals surface area (Å²) < 4.78 is 0. The quantitative estimate of drug-likeness (QED) is 0.539. The Kier molecular flexibility index (Phi) is 4.32. The van der Waals surface area contributed by atoms with E-state index < -0.39 is 0 Å². The Balaban J connectivity index is 3.20. The van der Waals surface area contributed by atoms with Gasteiger partial charge in [0.2, 0.25) is 0 Å². The minimum absolute atomic E-state index is 0.326. The Morgan fingerprint density at radius 1 is 1.50 bits per heavy atom. The zero-order chi connectivity index (χ0) is 6.41. The van der Waals surface area contributed by atoms with E-state index in [2.05, 4.69) is 5.32 Å². The number of nitrogens with one attached hydrogen (secondary N) is 1. The zero-order valence-electron chi connectivity index (χ0n) is 5.40. The SMILES string of the molecule is CCC(CC)N[C]=O. The number of rotatable bonds is 4. The third-order valence-electron chi connectivity index (χ3n) is 1.25. The third-order valence-corrected chi connectivity index (χ3v) is 1.25. The van der Waals surface area contributed by atoms with Crippen molar-refractivity contribution in [1.82, 2.24) is 5.32 Å². The lowest BCUT2D eigenvalue weighted by Gasteiger charge is -2.07. The topological polar surface area (TPSA) is 29.1 Å². The second-order valence-corrected chi connectivity index (χ2v) is 1.76. The van der Waals surface area contributed by atoms with Crippen molar-refractivity contribution in [2.45, 2.75) is 32.7 Å². The monoisotopic (exact) mass is 114 g/mol. The molecular formula is C6H12NO. The Labute approximate surface area is 50.3 Å². The maximum atomic E-state index is 9.70. The molecule has 1 amide bonds. The van der Waals surface area contributed by atoms with E-state index in [9.17, 15) is 4.79 Å². The first-order chi connectivity index (χ1) is 3.85. The van der Waals surface area contributed by atoms with Gasteiger partial charge in [-0.1, -0.05) is 13.8 Å². The van der Waals surface area contributed by atoms with Gasteiger partial charge in [0.1, 0.15) is 0 Å². The summed E-state index contributed by atoms with van der Waals surface area (Å²) in [4.78, 5) is 9.70. The van der Waals surface area contributed by atoms with Gasteiger partial charge in [0, 0.05) is 6.04 Å². The predicted molar refractivity (Wildman–Crippen MR) is 33.2 cm³/mol. The van der Waals surface area contributed by atoms with Gasteiger partial charge >= 0.3 is 6.41 Å². The predicted octanol–water partition coefficient (Wildman–Crippen LogP) is 0.832. The fourth-order valence-corrected chi connectivity index (χ4v) is 0.576. The van der Waals surface area contributed by atoms with Gasteiger partial charge in [0.25, 0.3) is 0 Å². The molecule has 0 aromatic carbocycles. The van der Waals surface area contributed by atoms with E-state index in [0.29, 0.717) is 6.04 Å². The minimum atomic E-state index is 0.326. The molecule has 0 unspecified atom stereocenters. The van der Waals surface area contributed by atoms with Crippen LogP contribution in [0.5, 0.6) is 0 Å². The lowest BCUT2D eigenvalue weighted by molar-refractivity contribution is 0.503. The average Bonchev–Trinajstić information content (AvgIpc) is 1.83. The van der Waals surface area contributed by atoms with Crippen molar-refractivity contribution in [1.29, 1.82) is 0 Å². The molecule has 0 rings (SSSR count). The van der Waals surface area contributed by atoms with E-state index in [-0.39, 0.29) is 0 Å². The van der Waals surface area contributed by atoms with Crippen LogP contribution < -0.4 is 5.32 Å². The Morgan fingerprint density at radius 3 is 2.12 bits per heavy atom. The van der Waals surface area contributed by atoms with Crippen molar-refractivity contribution < 1.29 is 4.79 Å². The summed E-state index contributed by atoms with van der Waals surface area (Å²) in [6.07, 6.45) is 3.65. The Hall–Kier alpha value is -0.530. The minimum Gasteiger partial charge on any atom is -0.345 e. The molecule has 0 spiro atoms. The summed E-state index contributed by atoms with van der Waals surface area (Å²) >= 11 is 0. The molecule has 0 atom stereocenters. The highest BCUT2D eigenvalue weighted by Crippen LogP contribution is 1.92. The van der Waals surface area contributed by atoms with Crippen LogP contribution in [0.3, 0.4) is 0 Å². The molecule has 0 heterocycles. The van der Waals surface area contributed by atoms with Gasteiger partial charge in [0.05, 0.1) is 0 Å². The lowest BCUT2D eigenvalue weighted by Crippen LogP contribution is -2.25. The summed E-state index contributed by atoms with van der Waals surface area (Å²) in [5, 5.41) is 2.58. The smallest absolute Gasteiger partial charge is 0.309 e. The van der Waals surface area contributed by atoms with Crippen LogP contribution in [0, 0.1) is 0 Å². The summed E-state index contributed by atoms with van der Waals surface area (Å²) in [7, 11) is 0. The maximum absolute atomic E-state index is 9.70. The summed E-state index contributed by atoms with van der Waals surface area (Å²) in [6, 6.07) is 0.326. The van der Waals surface area contributed by atoms with E-state index in [0.717, 1.165) is 12.8 Å². The second kappa shape index (κ2) is 4.62. The van der Waals surface area contributed by atoms with Gasteiger partial charge in [-0.05, 0) is 12.8 Å². The third kappa shape index (κ3) is 2.61. The fraction of sp³-hybridized carbons (Fsp3) is 0.833. The molecule has 0 saturated carbocycles. The fourth-order valence-electron chi connectivity index (χ4n) is 0.576. The largest absolute Gasteiger partial charge is 0.345 e. The van der Waals surface area contributed by atoms with Crippen molar-refractivity contribution in [3.8, 4) is 0 Å². The second-order valence-electron chi connectivity index (χ2n) is 1.76. The standard InChI is InChI=1S/C6H12NO/c1-3-6(4-2)7-5-8/h6H,3-4H2,1-2H3,(H,7,8). The molecule has 0 aromatic heterocycles. The van der Waals surface area contributed by atoms with Crippen LogP contribution in [0.15, 0.2) is 0 Å². The van der Waals surface area contributed by atoms with Gasteiger partial charge in [0.15, 0.2) is 0 Å². The normalized spacial score (nSPS) is 9.38. The summed E-state index contributed by atoms with van der Waals surface area (Å²) in [5.74, 6) is 0. The highest BCUT2D eigenvalue weighted by Gasteiger charge is 1.97. The van der Waals surface area contributed by atoms with Gasteiger partial charge in [-0.3, -0.25) is 4.79 Å². The van der Waals surface area contributed by atoms with E-state index in [1.165, 1.54) is 0 Å². The van der Waals surface area contributed by atoms with Crippen molar-refractivity contribution in [2.24, 2.45) is 0 Å². The van der Waals surface area contributed by atoms with Crippen LogP contribution in [0.25, 0.3) is 0 Å². The van der Waals surface area contributed by atoms with Gasteiger partial charge in [-0.25, -0.2) is 0 Å². The average molecular weight is 114 g/mol. The molecule has 1 radical (unpaired) electrons. The molecule has 2 nitrogen and oxygen atoms in total. The molecule has 0 saturated heterocycles. The molecule has 47 valence electrons. The maximum Gasteiger partial charge on any atom is 0.309 e. The first-order valence-electron chi connectivity index (χ1n) is 2.97. The van der Waals surface area contributed by atoms with Crippen molar-refractivity contribution in [2.75, 3.05) is 0 Å². The highest BCUT2D eigenvalue weighted by atomic mass is 16.1. The lowest BCUT2D eigenvalue weighted by atomic mass is 10.2. The highest BCUT2D eigenvalue weighted by molar-refractivity contribution is 5.47. The first-order valence-corrected chi connectivity index (χ1v) is 2.97. The molecule has 0 aliphatic rings. The van der Waals surface area contributed by atoms with E-state index in [1.54, 1.807) is 6.41 Å². The molecule has 2 heteroatoms. The van der Waals surface area contributed by atoms with E-state index >= 15 is 0 Å². The number of carbonyl (C=O) groups excluding carboxylic acids is 1. The van der Waals surface area contributed by atoms with Crippen LogP contribution >= 0.6 is 0 Å². The van der Waals surface area contributed by atoms with Crippen LogP contribution in [0.2, 0.25) is 0 Å². The zero-order valence-corrected chi connectivity index (χ0v) is 5.40. The van der Waals surface area contributed by atoms with Gasteiger partial charge in [-0.2, -0.15) is 0 Å². The molecule has 0 aromatic rings. The molecule has 0 fully saturated rings. The summed E-state index contributed by atoms with van der Waals surface area (Å²) in [5.41, 5.74) is 0.